The van der Waals surface area contributed by atoms with E-state index in [0.29, 0.717) is 46.8 Å². The predicted octanol–water partition coefficient (Wildman–Crippen LogP) is 3.75. The first-order valence-corrected chi connectivity index (χ1v) is 9.88. The van der Waals surface area contributed by atoms with Crippen molar-refractivity contribution in [3.05, 3.63) is 59.7 Å². The van der Waals surface area contributed by atoms with Gasteiger partial charge in [0.1, 0.15) is 5.82 Å². The standard InChI is InChI=1S/C22H23FN6O/c1-5-28(6-2)22(30)17-13-18(19-11-12-24-27(19)4)25-21-20(17)14(3)26-29(21)16-9-7-15(23)8-10-16/h7-13H,5-6H2,1-4H3. The molecule has 3 aromatic heterocycles. The van der Waals surface area contributed by atoms with Crippen molar-refractivity contribution in [3.8, 4) is 17.1 Å². The van der Waals surface area contributed by atoms with E-state index in [-0.39, 0.29) is 11.7 Å². The van der Waals surface area contributed by atoms with Crippen molar-refractivity contribution in [2.45, 2.75) is 20.8 Å². The van der Waals surface area contributed by atoms with Gasteiger partial charge in [0, 0.05) is 26.3 Å². The highest BCUT2D eigenvalue weighted by Gasteiger charge is 2.24. The van der Waals surface area contributed by atoms with E-state index in [2.05, 4.69) is 10.2 Å². The van der Waals surface area contributed by atoms with Gasteiger partial charge in [-0.1, -0.05) is 0 Å². The van der Waals surface area contributed by atoms with E-state index in [0.717, 1.165) is 5.69 Å². The molecule has 30 heavy (non-hydrogen) atoms. The molecule has 8 heteroatoms. The zero-order valence-corrected chi connectivity index (χ0v) is 17.4. The van der Waals surface area contributed by atoms with Crippen LogP contribution in [0.1, 0.15) is 29.9 Å². The Balaban J connectivity index is 2.03. The van der Waals surface area contributed by atoms with Crippen LogP contribution in [0, 0.1) is 12.7 Å². The number of halogens is 1. The van der Waals surface area contributed by atoms with Crippen molar-refractivity contribution in [2.75, 3.05) is 13.1 Å². The van der Waals surface area contributed by atoms with Crippen LogP contribution < -0.4 is 0 Å². The highest BCUT2D eigenvalue weighted by atomic mass is 19.1. The second kappa shape index (κ2) is 7.70. The second-order valence-electron chi connectivity index (χ2n) is 7.04. The molecule has 0 radical (unpaired) electrons. The molecule has 1 amide bonds. The summed E-state index contributed by atoms with van der Waals surface area (Å²) in [6.45, 7) is 6.97. The van der Waals surface area contributed by atoms with Gasteiger partial charge in [0.15, 0.2) is 5.65 Å². The summed E-state index contributed by atoms with van der Waals surface area (Å²) in [5.74, 6) is -0.398. The van der Waals surface area contributed by atoms with E-state index >= 15 is 0 Å². The molecule has 3 heterocycles. The molecular weight excluding hydrogens is 383 g/mol. The zero-order chi connectivity index (χ0) is 21.4. The van der Waals surface area contributed by atoms with Crippen LogP contribution >= 0.6 is 0 Å². The highest BCUT2D eigenvalue weighted by Crippen LogP contribution is 2.29. The molecule has 0 saturated heterocycles. The van der Waals surface area contributed by atoms with Gasteiger partial charge in [-0.2, -0.15) is 10.2 Å². The fourth-order valence-electron chi connectivity index (χ4n) is 3.66. The molecule has 0 aliphatic carbocycles. The van der Waals surface area contributed by atoms with Gasteiger partial charge < -0.3 is 4.90 Å². The van der Waals surface area contributed by atoms with Gasteiger partial charge >= 0.3 is 0 Å². The number of fused-ring (bicyclic) bond motifs is 1. The molecule has 4 aromatic rings. The summed E-state index contributed by atoms with van der Waals surface area (Å²) in [5, 5.41) is 9.55. The Labute approximate surface area is 173 Å². The van der Waals surface area contributed by atoms with E-state index in [1.165, 1.54) is 12.1 Å². The topological polar surface area (TPSA) is 68.8 Å². The summed E-state index contributed by atoms with van der Waals surface area (Å²) in [6.07, 6.45) is 1.69. The monoisotopic (exact) mass is 406 g/mol. The van der Waals surface area contributed by atoms with Crippen LogP contribution in [-0.2, 0) is 7.05 Å². The number of hydrogen-bond donors (Lipinski definition) is 0. The lowest BCUT2D eigenvalue weighted by atomic mass is 10.1. The number of nitrogens with zero attached hydrogens (tertiary/aromatic N) is 6. The molecule has 4 rings (SSSR count). The van der Waals surface area contributed by atoms with Gasteiger partial charge in [-0.25, -0.2) is 14.1 Å². The number of carbonyl (C=O) groups excluding carboxylic acids is 1. The van der Waals surface area contributed by atoms with Crippen molar-refractivity contribution in [2.24, 2.45) is 7.05 Å². The number of pyridine rings is 1. The van der Waals surface area contributed by atoms with Crippen molar-refractivity contribution in [3.63, 3.8) is 0 Å². The van der Waals surface area contributed by atoms with Gasteiger partial charge in [0.25, 0.3) is 5.91 Å². The molecule has 0 unspecified atom stereocenters. The Bertz CT molecular complexity index is 1220. The number of amides is 1. The molecule has 0 aliphatic rings. The SMILES string of the molecule is CCN(CC)C(=O)c1cc(-c2ccnn2C)nc2c1c(C)nn2-c1ccc(F)cc1. The quantitative estimate of drug-likeness (QED) is 0.506. The third-order valence-corrected chi connectivity index (χ3v) is 5.25. The minimum Gasteiger partial charge on any atom is -0.339 e. The normalized spacial score (nSPS) is 11.2. The van der Waals surface area contributed by atoms with E-state index in [1.807, 2.05) is 40.0 Å². The maximum atomic E-state index is 13.4. The lowest BCUT2D eigenvalue weighted by molar-refractivity contribution is 0.0775. The first-order chi connectivity index (χ1) is 14.4. The summed E-state index contributed by atoms with van der Waals surface area (Å²) in [7, 11) is 1.83. The molecule has 0 atom stereocenters. The van der Waals surface area contributed by atoms with Crippen LogP contribution in [0.4, 0.5) is 4.39 Å². The number of rotatable bonds is 5. The van der Waals surface area contributed by atoms with Crippen molar-refractivity contribution in [1.29, 1.82) is 0 Å². The number of aryl methyl sites for hydroxylation is 2. The molecular formula is C22H23FN6O. The first kappa shape index (κ1) is 19.8. The maximum Gasteiger partial charge on any atom is 0.254 e. The molecule has 0 fully saturated rings. The van der Waals surface area contributed by atoms with Gasteiger partial charge in [-0.15, -0.1) is 0 Å². The van der Waals surface area contributed by atoms with Crippen LogP contribution in [0.5, 0.6) is 0 Å². The van der Waals surface area contributed by atoms with Gasteiger partial charge in [0.2, 0.25) is 0 Å². The Kier molecular flexibility index (Phi) is 5.07. The molecule has 1 aromatic carbocycles. The van der Waals surface area contributed by atoms with Gasteiger partial charge in [-0.05, 0) is 57.2 Å². The molecule has 7 nitrogen and oxygen atoms in total. The Morgan fingerprint density at radius 2 is 1.83 bits per heavy atom. The van der Waals surface area contributed by atoms with Crippen LogP contribution in [0.25, 0.3) is 28.1 Å². The fourth-order valence-corrected chi connectivity index (χ4v) is 3.66. The van der Waals surface area contributed by atoms with Crippen LogP contribution in [0.15, 0.2) is 42.6 Å². The Morgan fingerprint density at radius 3 is 2.43 bits per heavy atom. The third-order valence-electron chi connectivity index (χ3n) is 5.25. The molecule has 0 saturated carbocycles. The lowest BCUT2D eigenvalue weighted by Gasteiger charge is -2.19. The number of hydrogen-bond acceptors (Lipinski definition) is 4. The molecule has 0 N–H and O–H groups in total. The summed E-state index contributed by atoms with van der Waals surface area (Å²) in [6, 6.07) is 9.71. The minimum atomic E-state index is -0.326. The van der Waals surface area contributed by atoms with Gasteiger partial charge in [0.05, 0.1) is 33.7 Å². The van der Waals surface area contributed by atoms with Crippen LogP contribution in [0.3, 0.4) is 0 Å². The van der Waals surface area contributed by atoms with Crippen LogP contribution in [0.2, 0.25) is 0 Å². The van der Waals surface area contributed by atoms with Crippen molar-refractivity contribution < 1.29 is 9.18 Å². The predicted molar refractivity (Wildman–Crippen MR) is 113 cm³/mol. The number of carbonyl (C=O) groups is 1. The molecule has 0 aliphatic heterocycles. The van der Waals surface area contributed by atoms with Crippen LogP contribution in [-0.4, -0.2) is 48.4 Å². The Morgan fingerprint density at radius 1 is 1.13 bits per heavy atom. The average Bonchev–Trinajstić information content (AvgIpc) is 3.32. The summed E-state index contributed by atoms with van der Waals surface area (Å²) < 4.78 is 16.8. The highest BCUT2D eigenvalue weighted by molar-refractivity contribution is 6.07. The molecule has 0 bridgehead atoms. The van der Waals surface area contributed by atoms with Gasteiger partial charge in [-0.3, -0.25) is 9.48 Å². The first-order valence-electron chi connectivity index (χ1n) is 9.88. The maximum absolute atomic E-state index is 13.4. The average molecular weight is 406 g/mol. The largest absolute Gasteiger partial charge is 0.339 e. The molecule has 154 valence electrons. The van der Waals surface area contributed by atoms with E-state index in [1.54, 1.807) is 32.6 Å². The van der Waals surface area contributed by atoms with E-state index in [9.17, 15) is 9.18 Å². The van der Waals surface area contributed by atoms with E-state index in [4.69, 9.17) is 4.98 Å². The lowest BCUT2D eigenvalue weighted by Crippen LogP contribution is -2.30. The molecule has 0 spiro atoms. The van der Waals surface area contributed by atoms with Crippen molar-refractivity contribution >= 4 is 16.9 Å². The number of benzene rings is 1. The summed E-state index contributed by atoms with van der Waals surface area (Å²) >= 11 is 0. The second-order valence-corrected chi connectivity index (χ2v) is 7.04. The zero-order valence-electron chi connectivity index (χ0n) is 17.4. The Hall–Kier alpha value is -3.55. The fraction of sp³-hybridized carbons (Fsp3) is 0.273. The van der Waals surface area contributed by atoms with E-state index < -0.39 is 0 Å². The van der Waals surface area contributed by atoms with Crippen molar-refractivity contribution in [1.82, 2.24) is 29.4 Å². The smallest absolute Gasteiger partial charge is 0.254 e. The third kappa shape index (κ3) is 3.24. The summed E-state index contributed by atoms with van der Waals surface area (Å²) in [5.41, 5.74) is 3.87. The summed E-state index contributed by atoms with van der Waals surface area (Å²) in [4.78, 5) is 20.0. The minimum absolute atomic E-state index is 0.0717. The number of aromatic nitrogens is 5.